The lowest BCUT2D eigenvalue weighted by molar-refractivity contribution is -0.149. The lowest BCUT2D eigenvalue weighted by atomic mass is 9.79. The number of benzene rings is 1. The van der Waals surface area contributed by atoms with E-state index < -0.39 is 28.7 Å². The maximum absolute atomic E-state index is 13.7. The van der Waals surface area contributed by atoms with Gasteiger partial charge in [-0.05, 0) is 19.9 Å². The van der Waals surface area contributed by atoms with Gasteiger partial charge in [0.2, 0.25) is 0 Å². The highest BCUT2D eigenvalue weighted by atomic mass is 19.2. The molecule has 2 rings (SSSR count). The zero-order chi connectivity index (χ0) is 13.6. The molecule has 1 fully saturated rings. The number of rotatable bonds is 1. The van der Waals surface area contributed by atoms with E-state index in [1.807, 2.05) is 0 Å². The third kappa shape index (κ3) is 2.24. The summed E-state index contributed by atoms with van der Waals surface area (Å²) in [6.07, 6.45) is 0.278. The Bertz CT molecular complexity index is 474. The molecule has 2 nitrogen and oxygen atoms in total. The van der Waals surface area contributed by atoms with E-state index in [0.717, 1.165) is 12.1 Å². The summed E-state index contributed by atoms with van der Waals surface area (Å²) in [7, 11) is 0. The van der Waals surface area contributed by atoms with Gasteiger partial charge in [0.15, 0.2) is 17.5 Å². The van der Waals surface area contributed by atoms with Gasteiger partial charge in [-0.3, -0.25) is 0 Å². The first-order chi connectivity index (χ1) is 8.25. The molecule has 1 unspecified atom stereocenters. The fourth-order valence-electron chi connectivity index (χ4n) is 2.46. The molecule has 1 atom stereocenters. The largest absolute Gasteiger partial charge is 0.385 e. The fourth-order valence-corrected chi connectivity index (χ4v) is 2.46. The monoisotopic (exact) mass is 260 g/mol. The summed E-state index contributed by atoms with van der Waals surface area (Å²) in [5, 5.41) is 10.5. The van der Waals surface area contributed by atoms with Crippen molar-refractivity contribution in [3.8, 4) is 0 Å². The summed E-state index contributed by atoms with van der Waals surface area (Å²) >= 11 is 0. The van der Waals surface area contributed by atoms with Gasteiger partial charge in [0.25, 0.3) is 0 Å². The van der Waals surface area contributed by atoms with Gasteiger partial charge < -0.3 is 9.84 Å². The summed E-state index contributed by atoms with van der Waals surface area (Å²) in [6, 6.07) is 1.92. The molecule has 0 amide bonds. The SMILES string of the molecule is CC1(C)CC(O)(c2ccc(F)c(F)c2F)CCO1. The average molecular weight is 260 g/mol. The third-order valence-electron chi connectivity index (χ3n) is 3.26. The van der Waals surface area contributed by atoms with Crippen molar-refractivity contribution in [1.29, 1.82) is 0 Å². The lowest BCUT2D eigenvalue weighted by Gasteiger charge is -2.41. The quantitative estimate of drug-likeness (QED) is 0.787. The van der Waals surface area contributed by atoms with E-state index in [2.05, 4.69) is 0 Å². The Morgan fingerprint density at radius 2 is 1.83 bits per heavy atom. The van der Waals surface area contributed by atoms with Crippen molar-refractivity contribution in [2.75, 3.05) is 6.61 Å². The van der Waals surface area contributed by atoms with Crippen molar-refractivity contribution in [2.45, 2.75) is 37.9 Å². The summed E-state index contributed by atoms with van der Waals surface area (Å²) in [5.74, 6) is -4.13. The van der Waals surface area contributed by atoms with Crippen molar-refractivity contribution < 1.29 is 23.0 Å². The Hall–Kier alpha value is -1.07. The molecule has 1 heterocycles. The molecule has 18 heavy (non-hydrogen) atoms. The molecule has 0 saturated carbocycles. The molecule has 0 radical (unpaired) electrons. The van der Waals surface area contributed by atoms with Gasteiger partial charge in [0.1, 0.15) is 0 Å². The number of hydrogen-bond donors (Lipinski definition) is 1. The minimum absolute atomic E-state index is 0.127. The fraction of sp³-hybridized carbons (Fsp3) is 0.538. The summed E-state index contributed by atoms with van der Waals surface area (Å²) < 4.78 is 45.3. The molecule has 0 bridgehead atoms. The van der Waals surface area contributed by atoms with Crippen molar-refractivity contribution >= 4 is 0 Å². The highest BCUT2D eigenvalue weighted by Gasteiger charge is 2.42. The average Bonchev–Trinajstić information content (AvgIpc) is 2.23. The van der Waals surface area contributed by atoms with Crippen LogP contribution in [0.1, 0.15) is 32.3 Å². The van der Waals surface area contributed by atoms with Gasteiger partial charge >= 0.3 is 0 Å². The highest BCUT2D eigenvalue weighted by molar-refractivity contribution is 5.27. The predicted octanol–water partition coefficient (Wildman–Crippen LogP) is 2.88. The molecule has 1 aromatic rings. The van der Waals surface area contributed by atoms with Crippen LogP contribution in [-0.4, -0.2) is 17.3 Å². The molecule has 100 valence electrons. The van der Waals surface area contributed by atoms with Gasteiger partial charge in [0, 0.05) is 18.4 Å². The Balaban J connectivity index is 2.44. The van der Waals surface area contributed by atoms with E-state index >= 15 is 0 Å². The van der Waals surface area contributed by atoms with Crippen LogP contribution in [0.5, 0.6) is 0 Å². The van der Waals surface area contributed by atoms with E-state index in [-0.39, 0.29) is 25.0 Å². The smallest absolute Gasteiger partial charge is 0.194 e. The zero-order valence-corrected chi connectivity index (χ0v) is 10.3. The minimum Gasteiger partial charge on any atom is -0.385 e. The molecular formula is C13H15F3O2. The number of aliphatic hydroxyl groups is 1. The maximum Gasteiger partial charge on any atom is 0.194 e. The lowest BCUT2D eigenvalue weighted by Crippen LogP contribution is -2.44. The first kappa shape index (κ1) is 13.4. The number of halogens is 3. The van der Waals surface area contributed by atoms with Crippen LogP contribution in [0, 0.1) is 17.5 Å². The first-order valence-electron chi connectivity index (χ1n) is 5.75. The molecule has 0 aliphatic carbocycles. The van der Waals surface area contributed by atoms with Gasteiger partial charge in [-0.25, -0.2) is 13.2 Å². The van der Waals surface area contributed by atoms with E-state index in [1.165, 1.54) is 0 Å². The normalized spacial score (nSPS) is 27.2. The predicted molar refractivity (Wildman–Crippen MR) is 59.5 cm³/mol. The van der Waals surface area contributed by atoms with Crippen molar-refractivity contribution in [1.82, 2.24) is 0 Å². The van der Waals surface area contributed by atoms with Crippen LogP contribution in [0.15, 0.2) is 12.1 Å². The van der Waals surface area contributed by atoms with Crippen LogP contribution >= 0.6 is 0 Å². The first-order valence-corrected chi connectivity index (χ1v) is 5.75. The zero-order valence-electron chi connectivity index (χ0n) is 10.3. The second-order valence-corrected chi connectivity index (χ2v) is 5.29. The molecule has 1 aliphatic heterocycles. The van der Waals surface area contributed by atoms with Crippen LogP contribution in [-0.2, 0) is 10.3 Å². The molecule has 0 spiro atoms. The van der Waals surface area contributed by atoms with E-state index in [4.69, 9.17) is 4.74 Å². The standard InChI is InChI=1S/C13H15F3O2/c1-12(2)7-13(17,5-6-18-12)8-3-4-9(14)11(16)10(8)15/h3-4,17H,5-7H2,1-2H3. The van der Waals surface area contributed by atoms with Crippen molar-refractivity contribution in [3.05, 3.63) is 35.1 Å². The van der Waals surface area contributed by atoms with Crippen LogP contribution in [0.4, 0.5) is 13.2 Å². The molecule has 1 aliphatic rings. The summed E-state index contributed by atoms with van der Waals surface area (Å²) in [5.41, 5.74) is -2.37. The molecule has 5 heteroatoms. The van der Waals surface area contributed by atoms with Crippen molar-refractivity contribution in [2.24, 2.45) is 0 Å². The van der Waals surface area contributed by atoms with E-state index in [0.29, 0.717) is 0 Å². The Labute approximate surface area is 103 Å². The second-order valence-electron chi connectivity index (χ2n) is 5.29. The van der Waals surface area contributed by atoms with E-state index in [1.54, 1.807) is 13.8 Å². The summed E-state index contributed by atoms with van der Waals surface area (Å²) in [4.78, 5) is 0. The highest BCUT2D eigenvalue weighted by Crippen LogP contribution is 2.40. The molecular weight excluding hydrogens is 245 g/mol. The minimum atomic E-state index is -1.55. The van der Waals surface area contributed by atoms with Crippen molar-refractivity contribution in [3.63, 3.8) is 0 Å². The molecule has 1 aromatic carbocycles. The second kappa shape index (κ2) is 4.24. The number of hydrogen-bond acceptors (Lipinski definition) is 2. The van der Waals surface area contributed by atoms with Gasteiger partial charge in [0.05, 0.1) is 17.8 Å². The maximum atomic E-state index is 13.7. The van der Waals surface area contributed by atoms with Gasteiger partial charge in [-0.2, -0.15) is 0 Å². The third-order valence-corrected chi connectivity index (χ3v) is 3.26. The Morgan fingerprint density at radius 3 is 2.44 bits per heavy atom. The number of ether oxygens (including phenoxy) is 1. The molecule has 1 N–H and O–H groups in total. The molecule has 0 aromatic heterocycles. The topological polar surface area (TPSA) is 29.5 Å². The van der Waals surface area contributed by atoms with Gasteiger partial charge in [-0.15, -0.1) is 0 Å². The van der Waals surface area contributed by atoms with Crippen LogP contribution in [0.3, 0.4) is 0 Å². The van der Waals surface area contributed by atoms with Gasteiger partial charge in [-0.1, -0.05) is 6.07 Å². The van der Waals surface area contributed by atoms with Crippen LogP contribution in [0.2, 0.25) is 0 Å². The van der Waals surface area contributed by atoms with Crippen LogP contribution in [0.25, 0.3) is 0 Å². The Kier molecular flexibility index (Phi) is 3.15. The van der Waals surface area contributed by atoms with E-state index in [9.17, 15) is 18.3 Å². The van der Waals surface area contributed by atoms with Crippen LogP contribution < -0.4 is 0 Å². The molecule has 1 saturated heterocycles. The Morgan fingerprint density at radius 1 is 1.17 bits per heavy atom. The summed E-state index contributed by atoms with van der Waals surface area (Å²) in [6.45, 7) is 3.76.